The highest BCUT2D eigenvalue weighted by Crippen LogP contribution is 2.15. The zero-order valence-corrected chi connectivity index (χ0v) is 9.08. The van der Waals surface area contributed by atoms with Gasteiger partial charge in [0.05, 0.1) is 11.9 Å². The SMILES string of the molecule is CCC(N)c1ccc(OS(C)=O)cn1. The lowest BCUT2D eigenvalue weighted by Crippen LogP contribution is -2.10. The Morgan fingerprint density at radius 2 is 2.36 bits per heavy atom. The fourth-order valence-electron chi connectivity index (χ4n) is 1.01. The van der Waals surface area contributed by atoms with Crippen LogP contribution in [0.3, 0.4) is 0 Å². The second-order valence-corrected chi connectivity index (χ2v) is 3.89. The monoisotopic (exact) mass is 214 g/mol. The van der Waals surface area contributed by atoms with E-state index in [0.29, 0.717) is 5.75 Å². The molecule has 0 aliphatic rings. The number of hydrogen-bond acceptors (Lipinski definition) is 4. The van der Waals surface area contributed by atoms with Crippen molar-refractivity contribution in [3.05, 3.63) is 24.0 Å². The summed E-state index contributed by atoms with van der Waals surface area (Å²) >= 11 is -1.31. The molecule has 78 valence electrons. The van der Waals surface area contributed by atoms with Crippen LogP contribution in [0.4, 0.5) is 0 Å². The molecule has 14 heavy (non-hydrogen) atoms. The number of pyridine rings is 1. The predicted molar refractivity (Wildman–Crippen MR) is 56.2 cm³/mol. The first-order valence-corrected chi connectivity index (χ1v) is 5.85. The quantitative estimate of drug-likeness (QED) is 0.817. The smallest absolute Gasteiger partial charge is 0.203 e. The summed E-state index contributed by atoms with van der Waals surface area (Å²) < 4.78 is 15.7. The summed E-state index contributed by atoms with van der Waals surface area (Å²) in [7, 11) is 0. The fourth-order valence-corrected chi connectivity index (χ4v) is 1.37. The number of hydrogen-bond donors (Lipinski definition) is 1. The molecule has 1 rings (SSSR count). The minimum absolute atomic E-state index is 0.0452. The zero-order valence-electron chi connectivity index (χ0n) is 8.27. The normalized spacial score (nSPS) is 14.8. The Morgan fingerprint density at radius 3 is 2.79 bits per heavy atom. The van der Waals surface area contributed by atoms with Gasteiger partial charge in [0.2, 0.25) is 11.1 Å². The second-order valence-electron chi connectivity index (χ2n) is 2.92. The van der Waals surface area contributed by atoms with Gasteiger partial charge in [-0.1, -0.05) is 6.92 Å². The molecule has 0 bridgehead atoms. The van der Waals surface area contributed by atoms with Gasteiger partial charge in [-0.3, -0.25) is 4.98 Å². The molecule has 0 radical (unpaired) electrons. The van der Waals surface area contributed by atoms with E-state index in [2.05, 4.69) is 4.98 Å². The molecule has 0 aliphatic carbocycles. The highest BCUT2D eigenvalue weighted by molar-refractivity contribution is 7.79. The second kappa shape index (κ2) is 5.07. The minimum atomic E-state index is -1.31. The standard InChI is InChI=1S/C9H14N2O2S/c1-3-8(10)9-5-4-7(6-11-9)13-14(2)12/h4-6,8H,3,10H2,1-2H3. The van der Waals surface area contributed by atoms with Crippen molar-refractivity contribution in [2.75, 3.05) is 6.26 Å². The van der Waals surface area contributed by atoms with Crippen LogP contribution in [0.25, 0.3) is 0 Å². The summed E-state index contributed by atoms with van der Waals surface area (Å²) in [6, 6.07) is 3.46. The van der Waals surface area contributed by atoms with Crippen molar-refractivity contribution < 1.29 is 8.39 Å². The van der Waals surface area contributed by atoms with Gasteiger partial charge < -0.3 is 9.92 Å². The molecule has 2 atom stereocenters. The van der Waals surface area contributed by atoms with Crippen LogP contribution in [-0.4, -0.2) is 15.4 Å². The van der Waals surface area contributed by atoms with Gasteiger partial charge in [0.25, 0.3) is 0 Å². The van der Waals surface area contributed by atoms with E-state index >= 15 is 0 Å². The third kappa shape index (κ3) is 3.08. The maximum atomic E-state index is 10.7. The summed E-state index contributed by atoms with van der Waals surface area (Å²) in [4.78, 5) is 4.12. The van der Waals surface area contributed by atoms with Crippen molar-refractivity contribution in [2.45, 2.75) is 19.4 Å². The maximum absolute atomic E-state index is 10.7. The molecule has 0 saturated heterocycles. The summed E-state index contributed by atoms with van der Waals surface area (Å²) in [5.74, 6) is 0.498. The molecule has 0 saturated carbocycles. The molecule has 2 unspecified atom stereocenters. The first-order chi connectivity index (χ1) is 6.63. The predicted octanol–water partition coefficient (Wildman–Crippen LogP) is 1.16. The molecule has 0 aromatic carbocycles. The largest absolute Gasteiger partial charge is 0.399 e. The van der Waals surface area contributed by atoms with Crippen LogP contribution >= 0.6 is 0 Å². The highest BCUT2D eigenvalue weighted by atomic mass is 32.2. The molecular formula is C9H14N2O2S. The van der Waals surface area contributed by atoms with Crippen molar-refractivity contribution in [2.24, 2.45) is 5.73 Å². The lowest BCUT2D eigenvalue weighted by molar-refractivity contribution is 0.563. The van der Waals surface area contributed by atoms with Crippen molar-refractivity contribution in [3.63, 3.8) is 0 Å². The molecule has 2 N–H and O–H groups in total. The molecule has 1 aromatic rings. The van der Waals surface area contributed by atoms with E-state index in [1.165, 1.54) is 12.5 Å². The zero-order chi connectivity index (χ0) is 10.6. The van der Waals surface area contributed by atoms with E-state index in [4.69, 9.17) is 9.92 Å². The molecule has 4 nitrogen and oxygen atoms in total. The Balaban J connectivity index is 2.73. The Hall–Kier alpha value is -0.940. The van der Waals surface area contributed by atoms with Crippen molar-refractivity contribution >= 4 is 11.1 Å². The van der Waals surface area contributed by atoms with Gasteiger partial charge >= 0.3 is 0 Å². The molecule has 1 heterocycles. The molecule has 0 amide bonds. The molecule has 0 aliphatic heterocycles. The first-order valence-electron chi connectivity index (χ1n) is 4.36. The van der Waals surface area contributed by atoms with Gasteiger partial charge in [-0.05, 0) is 18.6 Å². The van der Waals surface area contributed by atoms with Gasteiger partial charge in [0.1, 0.15) is 0 Å². The molecular weight excluding hydrogens is 200 g/mol. The van der Waals surface area contributed by atoms with Crippen LogP contribution in [0.1, 0.15) is 25.1 Å². The lowest BCUT2D eigenvalue weighted by atomic mass is 10.1. The topological polar surface area (TPSA) is 65.2 Å². The fraction of sp³-hybridized carbons (Fsp3) is 0.444. The molecule has 5 heteroatoms. The number of rotatable bonds is 4. The van der Waals surface area contributed by atoms with E-state index in [1.807, 2.05) is 6.92 Å². The Bertz CT molecular complexity index is 313. The van der Waals surface area contributed by atoms with Crippen LogP contribution in [0.15, 0.2) is 18.3 Å². The van der Waals surface area contributed by atoms with Crippen molar-refractivity contribution in [3.8, 4) is 5.75 Å². The van der Waals surface area contributed by atoms with E-state index in [9.17, 15) is 4.21 Å². The summed E-state index contributed by atoms with van der Waals surface area (Å²) in [5, 5.41) is 0. The number of aromatic nitrogens is 1. The van der Waals surface area contributed by atoms with Crippen LogP contribution < -0.4 is 9.92 Å². The van der Waals surface area contributed by atoms with Crippen LogP contribution in [0, 0.1) is 0 Å². The average molecular weight is 214 g/mol. The van der Waals surface area contributed by atoms with Crippen LogP contribution in [-0.2, 0) is 11.1 Å². The van der Waals surface area contributed by atoms with Gasteiger partial charge in [-0.2, -0.15) is 0 Å². The highest BCUT2D eigenvalue weighted by Gasteiger charge is 2.05. The van der Waals surface area contributed by atoms with Gasteiger partial charge in [0, 0.05) is 12.3 Å². The first kappa shape index (κ1) is 11.1. The third-order valence-electron chi connectivity index (χ3n) is 1.79. The van der Waals surface area contributed by atoms with Gasteiger partial charge in [-0.15, -0.1) is 0 Å². The maximum Gasteiger partial charge on any atom is 0.203 e. The molecule has 0 fully saturated rings. The average Bonchev–Trinajstić information content (AvgIpc) is 2.17. The van der Waals surface area contributed by atoms with Gasteiger partial charge in [0.15, 0.2) is 5.75 Å². The summed E-state index contributed by atoms with van der Waals surface area (Å²) in [6.07, 6.45) is 3.84. The van der Waals surface area contributed by atoms with Crippen molar-refractivity contribution in [1.29, 1.82) is 0 Å². The Labute approximate surface area is 86.1 Å². The molecule has 1 aromatic heterocycles. The third-order valence-corrected chi connectivity index (χ3v) is 2.22. The Morgan fingerprint density at radius 1 is 1.64 bits per heavy atom. The van der Waals surface area contributed by atoms with E-state index in [-0.39, 0.29) is 6.04 Å². The lowest BCUT2D eigenvalue weighted by Gasteiger charge is -2.08. The van der Waals surface area contributed by atoms with Crippen LogP contribution in [0.5, 0.6) is 5.75 Å². The van der Waals surface area contributed by atoms with Crippen LogP contribution in [0.2, 0.25) is 0 Å². The summed E-state index contributed by atoms with van der Waals surface area (Å²) in [5.41, 5.74) is 6.60. The minimum Gasteiger partial charge on any atom is -0.399 e. The Kier molecular flexibility index (Phi) is 4.03. The molecule has 0 spiro atoms. The van der Waals surface area contributed by atoms with Gasteiger partial charge in [-0.25, -0.2) is 4.21 Å². The van der Waals surface area contributed by atoms with E-state index in [1.54, 1.807) is 12.1 Å². The van der Waals surface area contributed by atoms with E-state index in [0.717, 1.165) is 12.1 Å². The number of nitrogens with two attached hydrogens (primary N) is 1. The van der Waals surface area contributed by atoms with Crippen molar-refractivity contribution in [1.82, 2.24) is 4.98 Å². The summed E-state index contributed by atoms with van der Waals surface area (Å²) in [6.45, 7) is 2.00. The number of nitrogens with zero attached hydrogens (tertiary/aromatic N) is 1. The van der Waals surface area contributed by atoms with E-state index < -0.39 is 11.1 Å².